The van der Waals surface area contributed by atoms with Crippen molar-refractivity contribution in [1.82, 2.24) is 9.97 Å². The number of nitrogens with two attached hydrogens (primary N) is 1. The molecule has 0 saturated carbocycles. The van der Waals surface area contributed by atoms with Crippen LogP contribution in [0.2, 0.25) is 0 Å². The molecule has 0 saturated heterocycles. The third kappa shape index (κ3) is 3.87. The monoisotopic (exact) mass is 237 g/mol. The molecule has 1 rings (SSSR count). The normalized spacial score (nSPS) is 10.3. The van der Waals surface area contributed by atoms with Crippen LogP contribution in [0.25, 0.3) is 0 Å². The van der Waals surface area contributed by atoms with Crippen LogP contribution in [-0.2, 0) is 0 Å². The number of hydrogen-bond acceptors (Lipinski definition) is 5. The number of aromatic nitrogens is 2. The molecule has 17 heavy (non-hydrogen) atoms. The first-order chi connectivity index (χ1) is 8.04. The largest absolute Gasteiger partial charge is 0.368 e. The van der Waals surface area contributed by atoms with E-state index in [4.69, 9.17) is 11.0 Å². The lowest BCUT2D eigenvalue weighted by atomic mass is 10.2. The van der Waals surface area contributed by atoms with Crippen molar-refractivity contribution in [1.29, 1.82) is 5.26 Å². The van der Waals surface area contributed by atoms with E-state index in [-0.39, 0.29) is 11.8 Å². The molecular formula is C11H16FN5. The van der Waals surface area contributed by atoms with Crippen LogP contribution in [0, 0.1) is 23.1 Å². The molecule has 92 valence electrons. The van der Waals surface area contributed by atoms with Crippen LogP contribution in [0.4, 0.5) is 16.2 Å². The summed E-state index contributed by atoms with van der Waals surface area (Å²) in [6.45, 7) is 5.08. The van der Waals surface area contributed by atoms with Crippen molar-refractivity contribution in [3.05, 3.63) is 12.0 Å². The molecule has 1 heterocycles. The fraction of sp³-hybridized carbons (Fsp3) is 0.545. The van der Waals surface area contributed by atoms with Crippen molar-refractivity contribution >= 4 is 11.8 Å². The summed E-state index contributed by atoms with van der Waals surface area (Å²) in [5.74, 6) is 0.0237. The Hall–Kier alpha value is -1.90. The van der Waals surface area contributed by atoms with Gasteiger partial charge in [0.2, 0.25) is 5.95 Å². The van der Waals surface area contributed by atoms with Gasteiger partial charge in [0.1, 0.15) is 0 Å². The molecule has 6 heteroatoms. The summed E-state index contributed by atoms with van der Waals surface area (Å²) < 4.78 is 13.6. The number of anilines is 2. The molecule has 1 aromatic heterocycles. The number of nitrogens with zero attached hydrogens (tertiary/aromatic N) is 4. The van der Waals surface area contributed by atoms with Gasteiger partial charge < -0.3 is 10.6 Å². The Bertz CT molecular complexity index is 413. The molecule has 0 spiro atoms. The molecule has 2 N–H and O–H groups in total. The summed E-state index contributed by atoms with van der Waals surface area (Å²) in [5.41, 5.74) is 5.44. The first-order valence-electron chi connectivity index (χ1n) is 5.44. The summed E-state index contributed by atoms with van der Waals surface area (Å²) in [5, 5.41) is 8.59. The van der Waals surface area contributed by atoms with Crippen LogP contribution in [0.5, 0.6) is 0 Å². The Kier molecular flexibility index (Phi) is 4.64. The first kappa shape index (κ1) is 13.2. The second-order valence-corrected chi connectivity index (χ2v) is 4.15. The highest BCUT2D eigenvalue weighted by molar-refractivity contribution is 5.42. The van der Waals surface area contributed by atoms with Crippen LogP contribution in [0.3, 0.4) is 0 Å². The smallest absolute Gasteiger partial charge is 0.222 e. The van der Waals surface area contributed by atoms with Crippen molar-refractivity contribution in [3.8, 4) is 6.07 Å². The quantitative estimate of drug-likeness (QED) is 0.841. The minimum atomic E-state index is -0.516. The van der Waals surface area contributed by atoms with Gasteiger partial charge in [-0.3, -0.25) is 0 Å². The summed E-state index contributed by atoms with van der Waals surface area (Å²) >= 11 is 0. The number of hydrogen-bond donors (Lipinski definition) is 1. The molecule has 0 atom stereocenters. The van der Waals surface area contributed by atoms with E-state index in [0.717, 1.165) is 6.20 Å². The predicted octanol–water partition coefficient (Wildman–Crippen LogP) is 1.57. The van der Waals surface area contributed by atoms with Crippen LogP contribution < -0.4 is 10.6 Å². The SMILES string of the molecule is CC(C)CN(CCC#N)c1nc(N)ncc1F. The summed E-state index contributed by atoms with van der Waals surface area (Å²) in [7, 11) is 0. The number of halogens is 1. The van der Waals surface area contributed by atoms with Gasteiger partial charge in [0.15, 0.2) is 11.6 Å². The first-order valence-corrected chi connectivity index (χ1v) is 5.44. The molecule has 0 radical (unpaired) electrons. The molecule has 5 nitrogen and oxygen atoms in total. The molecule has 0 aliphatic rings. The lowest BCUT2D eigenvalue weighted by Crippen LogP contribution is -2.30. The number of nitrogen functional groups attached to an aromatic ring is 1. The Morgan fingerprint density at radius 1 is 1.59 bits per heavy atom. The predicted molar refractivity (Wildman–Crippen MR) is 63.7 cm³/mol. The maximum atomic E-state index is 13.6. The number of rotatable bonds is 5. The minimum Gasteiger partial charge on any atom is -0.368 e. The van der Waals surface area contributed by atoms with Gasteiger partial charge in [-0.25, -0.2) is 9.37 Å². The maximum absolute atomic E-state index is 13.6. The molecule has 0 aromatic carbocycles. The van der Waals surface area contributed by atoms with E-state index >= 15 is 0 Å². The summed E-state index contributed by atoms with van der Waals surface area (Å²) in [6.07, 6.45) is 1.37. The van der Waals surface area contributed by atoms with E-state index in [1.807, 2.05) is 19.9 Å². The molecule has 1 aromatic rings. The topological polar surface area (TPSA) is 78.8 Å². The lowest BCUT2D eigenvalue weighted by Gasteiger charge is -2.24. The van der Waals surface area contributed by atoms with E-state index in [1.165, 1.54) is 0 Å². The van der Waals surface area contributed by atoms with E-state index < -0.39 is 5.82 Å². The van der Waals surface area contributed by atoms with E-state index in [0.29, 0.717) is 25.4 Å². The standard InChI is InChI=1S/C11H16FN5/c1-8(2)7-17(5-3-4-13)10-9(12)6-15-11(14)16-10/h6,8H,3,5,7H2,1-2H3,(H2,14,15,16). The van der Waals surface area contributed by atoms with Crippen molar-refractivity contribution in [2.45, 2.75) is 20.3 Å². The van der Waals surface area contributed by atoms with Gasteiger partial charge >= 0.3 is 0 Å². The zero-order valence-electron chi connectivity index (χ0n) is 10.0. The Labute approximate surface area is 100 Å². The molecule has 0 aliphatic heterocycles. The zero-order valence-corrected chi connectivity index (χ0v) is 10.0. The van der Waals surface area contributed by atoms with Gasteiger partial charge in [0.25, 0.3) is 0 Å². The van der Waals surface area contributed by atoms with E-state index in [2.05, 4.69) is 9.97 Å². The molecule has 0 aliphatic carbocycles. The van der Waals surface area contributed by atoms with Crippen LogP contribution >= 0.6 is 0 Å². The second-order valence-electron chi connectivity index (χ2n) is 4.15. The highest BCUT2D eigenvalue weighted by Crippen LogP contribution is 2.18. The molecule has 0 unspecified atom stereocenters. The van der Waals surface area contributed by atoms with E-state index in [1.54, 1.807) is 4.90 Å². The molecular weight excluding hydrogens is 221 g/mol. The summed E-state index contributed by atoms with van der Waals surface area (Å²) in [4.78, 5) is 9.19. The summed E-state index contributed by atoms with van der Waals surface area (Å²) in [6, 6.07) is 2.04. The second kappa shape index (κ2) is 5.99. The Morgan fingerprint density at radius 2 is 2.29 bits per heavy atom. The third-order valence-corrected chi connectivity index (χ3v) is 2.12. The molecule has 0 bridgehead atoms. The van der Waals surface area contributed by atoms with Gasteiger partial charge in [-0.15, -0.1) is 0 Å². The van der Waals surface area contributed by atoms with Crippen molar-refractivity contribution in [2.75, 3.05) is 23.7 Å². The van der Waals surface area contributed by atoms with E-state index in [9.17, 15) is 4.39 Å². The van der Waals surface area contributed by atoms with Gasteiger partial charge in [-0.05, 0) is 5.92 Å². The third-order valence-electron chi connectivity index (χ3n) is 2.12. The highest BCUT2D eigenvalue weighted by Gasteiger charge is 2.15. The number of nitriles is 1. The minimum absolute atomic E-state index is 0.0344. The van der Waals surface area contributed by atoms with Gasteiger partial charge in [-0.2, -0.15) is 10.2 Å². The van der Waals surface area contributed by atoms with Crippen LogP contribution in [0.15, 0.2) is 6.20 Å². The highest BCUT2D eigenvalue weighted by atomic mass is 19.1. The average molecular weight is 237 g/mol. The van der Waals surface area contributed by atoms with Crippen molar-refractivity contribution < 1.29 is 4.39 Å². The molecule has 0 amide bonds. The van der Waals surface area contributed by atoms with Crippen molar-refractivity contribution in [3.63, 3.8) is 0 Å². The zero-order chi connectivity index (χ0) is 12.8. The Balaban J connectivity index is 2.94. The Morgan fingerprint density at radius 3 is 2.88 bits per heavy atom. The van der Waals surface area contributed by atoms with Crippen LogP contribution in [0.1, 0.15) is 20.3 Å². The van der Waals surface area contributed by atoms with Gasteiger partial charge in [-0.1, -0.05) is 13.8 Å². The van der Waals surface area contributed by atoms with Crippen LogP contribution in [-0.4, -0.2) is 23.1 Å². The lowest BCUT2D eigenvalue weighted by molar-refractivity contribution is 0.570. The fourth-order valence-corrected chi connectivity index (χ4v) is 1.50. The van der Waals surface area contributed by atoms with Gasteiger partial charge in [0, 0.05) is 13.1 Å². The molecule has 0 fully saturated rings. The fourth-order valence-electron chi connectivity index (χ4n) is 1.50. The van der Waals surface area contributed by atoms with Gasteiger partial charge in [0.05, 0.1) is 18.7 Å². The maximum Gasteiger partial charge on any atom is 0.222 e. The average Bonchev–Trinajstić information content (AvgIpc) is 2.27. The van der Waals surface area contributed by atoms with Crippen molar-refractivity contribution in [2.24, 2.45) is 5.92 Å².